The van der Waals surface area contributed by atoms with E-state index in [9.17, 15) is 4.79 Å². The van der Waals surface area contributed by atoms with Crippen LogP contribution in [0.3, 0.4) is 0 Å². The van der Waals surface area contributed by atoms with Crippen LogP contribution >= 0.6 is 0 Å². The molecule has 1 aliphatic carbocycles. The van der Waals surface area contributed by atoms with Gasteiger partial charge >= 0.3 is 0 Å². The largest absolute Gasteiger partial charge is 0.271 e. The van der Waals surface area contributed by atoms with Crippen molar-refractivity contribution < 1.29 is 4.79 Å². The van der Waals surface area contributed by atoms with Gasteiger partial charge in [-0.25, -0.2) is 15.5 Å². The van der Waals surface area contributed by atoms with Crippen molar-refractivity contribution in [2.75, 3.05) is 0 Å². The maximum atomic E-state index is 12.3. The fourth-order valence-corrected chi connectivity index (χ4v) is 3.46. The van der Waals surface area contributed by atoms with Gasteiger partial charge in [0.1, 0.15) is 6.04 Å². The van der Waals surface area contributed by atoms with E-state index in [0.29, 0.717) is 6.04 Å². The average molecular weight is 352 g/mol. The molecular formula is C19H24N6O. The summed E-state index contributed by atoms with van der Waals surface area (Å²) in [5.74, 6) is 0.612. The predicted octanol–water partition coefficient (Wildman–Crippen LogP) is 1.58. The number of carbonyl (C=O) groups excluding carboxylic acids is 1. The highest BCUT2D eigenvalue weighted by molar-refractivity contribution is 5.86. The molecular weight excluding hydrogens is 328 g/mol. The monoisotopic (exact) mass is 352 g/mol. The van der Waals surface area contributed by atoms with E-state index in [-0.39, 0.29) is 11.9 Å². The number of nitrogens with one attached hydrogen (secondary N) is 3. The third-order valence-electron chi connectivity index (χ3n) is 5.16. The zero-order valence-corrected chi connectivity index (χ0v) is 15.1. The number of hydrogen-bond acceptors (Lipinski definition) is 5. The fourth-order valence-electron chi connectivity index (χ4n) is 3.46. The molecule has 7 heteroatoms. The Hall–Kier alpha value is -2.51. The maximum absolute atomic E-state index is 12.3. The van der Waals surface area contributed by atoms with Crippen LogP contribution in [0.4, 0.5) is 0 Å². The fraction of sp³-hybridized carbons (Fsp3) is 0.421. The van der Waals surface area contributed by atoms with E-state index in [0.717, 1.165) is 35.0 Å². The van der Waals surface area contributed by atoms with E-state index >= 15 is 0 Å². The number of aryl methyl sites for hydroxylation is 1. The third-order valence-corrected chi connectivity index (χ3v) is 5.16. The van der Waals surface area contributed by atoms with Crippen LogP contribution in [0.5, 0.6) is 0 Å². The minimum Gasteiger partial charge on any atom is -0.271 e. The summed E-state index contributed by atoms with van der Waals surface area (Å²) in [6.45, 7) is 3.94. The van der Waals surface area contributed by atoms with Crippen LogP contribution in [-0.4, -0.2) is 34.0 Å². The summed E-state index contributed by atoms with van der Waals surface area (Å²) in [4.78, 5) is 12.3. The number of para-hydroxylation sites is 1. The molecule has 1 aromatic carbocycles. The van der Waals surface area contributed by atoms with Crippen molar-refractivity contribution in [1.82, 2.24) is 26.1 Å². The van der Waals surface area contributed by atoms with Gasteiger partial charge in [0.2, 0.25) is 0 Å². The summed E-state index contributed by atoms with van der Waals surface area (Å²) >= 11 is 0. The molecule has 4 rings (SSSR count). The molecule has 7 nitrogen and oxygen atoms in total. The molecule has 136 valence electrons. The van der Waals surface area contributed by atoms with Crippen LogP contribution in [0, 0.1) is 19.8 Å². The van der Waals surface area contributed by atoms with Gasteiger partial charge in [0.15, 0.2) is 0 Å². The molecule has 0 spiro atoms. The Morgan fingerprint density at radius 2 is 2.04 bits per heavy atom. The Kier molecular flexibility index (Phi) is 4.57. The second-order valence-electron chi connectivity index (χ2n) is 7.09. The van der Waals surface area contributed by atoms with Crippen molar-refractivity contribution in [2.24, 2.45) is 11.0 Å². The lowest BCUT2D eigenvalue weighted by molar-refractivity contribution is -0.122. The summed E-state index contributed by atoms with van der Waals surface area (Å²) < 4.78 is 1.89. The molecule has 1 aliphatic heterocycles. The van der Waals surface area contributed by atoms with Gasteiger partial charge < -0.3 is 0 Å². The average Bonchev–Trinajstić information content (AvgIpc) is 3.32. The Morgan fingerprint density at radius 1 is 1.27 bits per heavy atom. The van der Waals surface area contributed by atoms with Crippen molar-refractivity contribution in [3.8, 4) is 5.69 Å². The topological polar surface area (TPSA) is 83.3 Å². The highest BCUT2D eigenvalue weighted by Gasteiger charge is 2.38. The first-order chi connectivity index (χ1) is 12.6. The zero-order chi connectivity index (χ0) is 18.1. The summed E-state index contributed by atoms with van der Waals surface area (Å²) in [6, 6.07) is 10.1. The van der Waals surface area contributed by atoms with Gasteiger partial charge in [-0.05, 0) is 51.2 Å². The first-order valence-corrected chi connectivity index (χ1v) is 9.09. The number of hydrazine groups is 1. The van der Waals surface area contributed by atoms with Crippen LogP contribution < -0.4 is 16.3 Å². The van der Waals surface area contributed by atoms with Crippen LogP contribution in [0.25, 0.3) is 5.69 Å². The quantitative estimate of drug-likeness (QED) is 0.564. The molecule has 1 saturated heterocycles. The molecule has 1 amide bonds. The number of hydrogen-bond donors (Lipinski definition) is 3. The standard InChI is InChI=1S/C19H24N6O/c1-12-16(13(2)25(24-12)15-6-4-3-5-7-15)11-20-23-19(26)18-10-17(21-22-18)14-8-9-14/h3-7,11,14,17-18,21-22H,8-10H2,1-2H3,(H,23,26)/b20-11+. The predicted molar refractivity (Wildman–Crippen MR) is 100.0 cm³/mol. The third kappa shape index (κ3) is 3.40. The number of amides is 1. The number of aromatic nitrogens is 2. The highest BCUT2D eigenvalue weighted by atomic mass is 16.2. The van der Waals surface area contributed by atoms with Gasteiger partial charge in [0.25, 0.3) is 5.91 Å². The molecule has 0 radical (unpaired) electrons. The van der Waals surface area contributed by atoms with Gasteiger partial charge in [-0.2, -0.15) is 10.2 Å². The van der Waals surface area contributed by atoms with Gasteiger partial charge in [-0.15, -0.1) is 0 Å². The molecule has 26 heavy (non-hydrogen) atoms. The van der Waals surface area contributed by atoms with Crippen molar-refractivity contribution in [3.63, 3.8) is 0 Å². The van der Waals surface area contributed by atoms with Crippen molar-refractivity contribution in [3.05, 3.63) is 47.3 Å². The Bertz CT molecular complexity index is 824. The second kappa shape index (κ2) is 7.01. The Morgan fingerprint density at radius 3 is 2.77 bits per heavy atom. The number of carbonyl (C=O) groups is 1. The Labute approximate surface area is 152 Å². The van der Waals surface area contributed by atoms with E-state index in [4.69, 9.17) is 0 Å². The van der Waals surface area contributed by atoms with E-state index in [1.54, 1.807) is 6.21 Å². The summed E-state index contributed by atoms with van der Waals surface area (Å²) in [5, 5.41) is 8.74. The van der Waals surface area contributed by atoms with Crippen molar-refractivity contribution in [1.29, 1.82) is 0 Å². The lowest BCUT2D eigenvalue weighted by Crippen LogP contribution is -2.42. The molecule has 1 saturated carbocycles. The number of benzene rings is 1. The molecule has 2 fully saturated rings. The summed E-state index contributed by atoms with van der Waals surface area (Å²) in [6.07, 6.45) is 5.01. The normalized spacial score (nSPS) is 22.8. The number of nitrogens with zero attached hydrogens (tertiary/aromatic N) is 3. The lowest BCUT2D eigenvalue weighted by Gasteiger charge is -2.07. The minimum atomic E-state index is -0.230. The molecule has 1 aromatic heterocycles. The molecule has 2 unspecified atom stereocenters. The van der Waals surface area contributed by atoms with Crippen LogP contribution in [-0.2, 0) is 4.79 Å². The lowest BCUT2D eigenvalue weighted by atomic mass is 10.1. The van der Waals surface area contributed by atoms with Crippen LogP contribution in [0.2, 0.25) is 0 Å². The number of rotatable bonds is 5. The first-order valence-electron chi connectivity index (χ1n) is 9.09. The molecule has 2 aliphatic rings. The maximum Gasteiger partial charge on any atom is 0.258 e. The van der Waals surface area contributed by atoms with Gasteiger partial charge in [0, 0.05) is 11.6 Å². The first kappa shape index (κ1) is 16.9. The molecule has 2 atom stereocenters. The van der Waals surface area contributed by atoms with Crippen LogP contribution in [0.1, 0.15) is 36.2 Å². The van der Waals surface area contributed by atoms with Crippen molar-refractivity contribution in [2.45, 2.75) is 45.2 Å². The smallest absolute Gasteiger partial charge is 0.258 e. The summed E-state index contributed by atoms with van der Waals surface area (Å²) in [5.41, 5.74) is 12.7. The molecule has 2 heterocycles. The van der Waals surface area contributed by atoms with Gasteiger partial charge in [-0.3, -0.25) is 10.2 Å². The zero-order valence-electron chi connectivity index (χ0n) is 15.1. The van der Waals surface area contributed by atoms with E-state index in [2.05, 4.69) is 26.5 Å². The minimum absolute atomic E-state index is 0.109. The van der Waals surface area contributed by atoms with E-state index in [1.165, 1.54) is 12.8 Å². The highest BCUT2D eigenvalue weighted by Crippen LogP contribution is 2.35. The Balaban J connectivity index is 1.41. The van der Waals surface area contributed by atoms with Crippen molar-refractivity contribution >= 4 is 12.1 Å². The van der Waals surface area contributed by atoms with E-state index in [1.807, 2.05) is 48.9 Å². The van der Waals surface area contributed by atoms with Gasteiger partial charge in [-0.1, -0.05) is 18.2 Å². The molecule has 0 bridgehead atoms. The van der Waals surface area contributed by atoms with E-state index < -0.39 is 0 Å². The molecule has 2 aromatic rings. The second-order valence-corrected chi connectivity index (χ2v) is 7.09. The SMILES string of the molecule is Cc1nn(-c2ccccc2)c(C)c1/C=N/NC(=O)C1CC(C2CC2)NN1. The van der Waals surface area contributed by atoms with Crippen LogP contribution in [0.15, 0.2) is 35.4 Å². The number of hydrazone groups is 1. The summed E-state index contributed by atoms with van der Waals surface area (Å²) in [7, 11) is 0. The van der Waals surface area contributed by atoms with Gasteiger partial charge in [0.05, 0.1) is 23.3 Å². The molecule has 3 N–H and O–H groups in total.